The SMILES string of the molecule is CCC(C)NC(=O)c1ccc2c(=O)n(CCC(C)C)c3nn(CC(=O)c4ccccc4)c(=O)n3c2c1. The van der Waals surface area contributed by atoms with Crippen molar-refractivity contribution in [3.8, 4) is 0 Å². The van der Waals surface area contributed by atoms with Crippen molar-refractivity contribution in [1.82, 2.24) is 24.1 Å². The molecule has 1 unspecified atom stereocenters. The van der Waals surface area contributed by atoms with Gasteiger partial charge in [0.1, 0.15) is 6.54 Å². The van der Waals surface area contributed by atoms with Crippen molar-refractivity contribution in [2.45, 2.75) is 59.7 Å². The number of nitrogens with zero attached hydrogens (tertiary/aromatic N) is 4. The monoisotopic (exact) mass is 489 g/mol. The minimum Gasteiger partial charge on any atom is -0.350 e. The maximum atomic E-state index is 13.5. The van der Waals surface area contributed by atoms with Crippen LogP contribution in [0.15, 0.2) is 58.1 Å². The lowest BCUT2D eigenvalue weighted by Gasteiger charge is -2.13. The number of ketones is 1. The van der Waals surface area contributed by atoms with E-state index >= 15 is 0 Å². The number of aromatic nitrogens is 4. The number of fused-ring (bicyclic) bond motifs is 3. The molecule has 0 aliphatic heterocycles. The molecule has 0 saturated heterocycles. The number of nitrogens with one attached hydrogen (secondary N) is 1. The summed E-state index contributed by atoms with van der Waals surface area (Å²) >= 11 is 0. The van der Waals surface area contributed by atoms with Crippen LogP contribution in [0.1, 0.15) is 61.3 Å². The van der Waals surface area contributed by atoms with Crippen molar-refractivity contribution >= 4 is 28.4 Å². The number of carbonyl (C=O) groups excluding carboxylic acids is 2. The Bertz CT molecular complexity index is 1550. The number of hydrogen-bond acceptors (Lipinski definition) is 5. The van der Waals surface area contributed by atoms with Crippen LogP contribution in [-0.2, 0) is 13.1 Å². The first-order valence-electron chi connectivity index (χ1n) is 12.3. The first-order chi connectivity index (χ1) is 17.2. The van der Waals surface area contributed by atoms with E-state index < -0.39 is 5.69 Å². The van der Waals surface area contributed by atoms with Crippen LogP contribution in [0.5, 0.6) is 0 Å². The fraction of sp³-hybridized carbons (Fsp3) is 0.370. The second-order valence-corrected chi connectivity index (χ2v) is 9.52. The van der Waals surface area contributed by atoms with Gasteiger partial charge in [0, 0.05) is 23.7 Å². The summed E-state index contributed by atoms with van der Waals surface area (Å²) in [5, 5.41) is 7.63. The quantitative estimate of drug-likeness (QED) is 0.363. The summed E-state index contributed by atoms with van der Waals surface area (Å²) in [7, 11) is 0. The van der Waals surface area contributed by atoms with Gasteiger partial charge in [-0.15, -0.1) is 5.10 Å². The molecule has 0 aliphatic carbocycles. The number of benzene rings is 2. The summed E-state index contributed by atoms with van der Waals surface area (Å²) in [5.41, 5.74) is 0.252. The van der Waals surface area contributed by atoms with Gasteiger partial charge >= 0.3 is 5.69 Å². The van der Waals surface area contributed by atoms with Crippen molar-refractivity contribution in [2.24, 2.45) is 5.92 Å². The molecule has 0 radical (unpaired) electrons. The summed E-state index contributed by atoms with van der Waals surface area (Å²) in [5.74, 6) is -0.0792. The van der Waals surface area contributed by atoms with E-state index in [0.717, 1.165) is 11.1 Å². The van der Waals surface area contributed by atoms with Crippen molar-refractivity contribution in [3.05, 3.63) is 80.5 Å². The zero-order valence-corrected chi connectivity index (χ0v) is 21.0. The zero-order chi connectivity index (χ0) is 26.0. The maximum Gasteiger partial charge on any atom is 0.352 e. The minimum absolute atomic E-state index is 0.0216. The summed E-state index contributed by atoms with van der Waals surface area (Å²) < 4.78 is 3.89. The van der Waals surface area contributed by atoms with Crippen LogP contribution < -0.4 is 16.6 Å². The molecule has 2 heterocycles. The maximum absolute atomic E-state index is 13.5. The van der Waals surface area contributed by atoms with Crippen LogP contribution in [-0.4, -0.2) is 36.5 Å². The molecule has 0 aliphatic rings. The van der Waals surface area contributed by atoms with E-state index in [9.17, 15) is 19.2 Å². The molecule has 9 nitrogen and oxygen atoms in total. The largest absolute Gasteiger partial charge is 0.352 e. The van der Waals surface area contributed by atoms with Crippen LogP contribution in [0.4, 0.5) is 0 Å². The first-order valence-corrected chi connectivity index (χ1v) is 12.3. The van der Waals surface area contributed by atoms with Crippen molar-refractivity contribution in [2.75, 3.05) is 0 Å². The molecule has 2 aromatic carbocycles. The fourth-order valence-electron chi connectivity index (χ4n) is 4.01. The molecule has 0 spiro atoms. The summed E-state index contributed by atoms with van der Waals surface area (Å²) in [4.78, 5) is 52.6. The highest BCUT2D eigenvalue weighted by Gasteiger charge is 2.21. The van der Waals surface area contributed by atoms with Gasteiger partial charge in [-0.1, -0.05) is 51.1 Å². The molecule has 0 bridgehead atoms. The van der Waals surface area contributed by atoms with Gasteiger partial charge in [0.05, 0.1) is 10.9 Å². The second kappa shape index (κ2) is 10.3. The molecule has 4 aromatic rings. The average Bonchev–Trinajstić information content (AvgIpc) is 3.19. The Kier molecular flexibility index (Phi) is 7.19. The van der Waals surface area contributed by atoms with Gasteiger partial charge < -0.3 is 5.32 Å². The average molecular weight is 490 g/mol. The number of amides is 1. The van der Waals surface area contributed by atoms with Gasteiger partial charge in [-0.3, -0.25) is 19.0 Å². The van der Waals surface area contributed by atoms with E-state index in [1.54, 1.807) is 42.5 Å². The van der Waals surface area contributed by atoms with Crippen LogP contribution in [0.3, 0.4) is 0 Å². The molecule has 4 rings (SSSR count). The third kappa shape index (κ3) is 4.86. The normalized spacial score (nSPS) is 12.4. The number of Topliss-reactive ketones (excluding diaryl/α,β-unsaturated/α-hetero) is 1. The Labute approximate surface area is 208 Å². The molecule has 1 N–H and O–H groups in total. The molecule has 36 heavy (non-hydrogen) atoms. The molecule has 9 heteroatoms. The predicted octanol–water partition coefficient (Wildman–Crippen LogP) is 3.27. The van der Waals surface area contributed by atoms with E-state index in [4.69, 9.17) is 0 Å². The molecular weight excluding hydrogens is 458 g/mol. The summed E-state index contributed by atoms with van der Waals surface area (Å²) in [6.45, 7) is 8.08. The molecular formula is C27H31N5O4. The van der Waals surface area contributed by atoms with Crippen LogP contribution >= 0.6 is 0 Å². The molecule has 2 aromatic heterocycles. The smallest absolute Gasteiger partial charge is 0.350 e. The highest BCUT2D eigenvalue weighted by Crippen LogP contribution is 2.16. The highest BCUT2D eigenvalue weighted by atomic mass is 16.2. The lowest BCUT2D eigenvalue weighted by atomic mass is 10.1. The summed E-state index contributed by atoms with van der Waals surface area (Å²) in [6, 6.07) is 13.4. The topological polar surface area (TPSA) is 107 Å². The van der Waals surface area contributed by atoms with Crippen LogP contribution in [0.2, 0.25) is 0 Å². The zero-order valence-electron chi connectivity index (χ0n) is 21.0. The van der Waals surface area contributed by atoms with Crippen molar-refractivity contribution < 1.29 is 9.59 Å². The van der Waals surface area contributed by atoms with Crippen molar-refractivity contribution in [1.29, 1.82) is 0 Å². The first kappa shape index (κ1) is 25.1. The van der Waals surface area contributed by atoms with Gasteiger partial charge in [-0.25, -0.2) is 13.9 Å². The third-order valence-electron chi connectivity index (χ3n) is 6.35. The minimum atomic E-state index is -0.544. The fourth-order valence-corrected chi connectivity index (χ4v) is 4.01. The van der Waals surface area contributed by atoms with E-state index in [0.29, 0.717) is 35.4 Å². The Morgan fingerprint density at radius 1 is 1.00 bits per heavy atom. The van der Waals surface area contributed by atoms with Crippen molar-refractivity contribution in [3.63, 3.8) is 0 Å². The number of rotatable bonds is 9. The molecule has 1 amide bonds. The lowest BCUT2D eigenvalue weighted by molar-refractivity contribution is 0.0937. The standard InChI is InChI=1S/C27H31N5O4/c1-5-18(4)28-24(34)20-11-12-21-22(15-20)32-26(30(25(21)35)14-13-17(2)3)29-31(27(32)36)16-23(33)19-9-7-6-8-10-19/h6-12,15,17-18H,5,13-14,16H2,1-4H3,(H,28,34). The predicted molar refractivity (Wildman–Crippen MR) is 139 cm³/mol. The van der Waals surface area contributed by atoms with Gasteiger partial charge in [0.25, 0.3) is 11.5 Å². The number of carbonyl (C=O) groups is 2. The lowest BCUT2D eigenvalue weighted by Crippen LogP contribution is -2.32. The van der Waals surface area contributed by atoms with E-state index in [2.05, 4.69) is 24.3 Å². The molecule has 0 fully saturated rings. The van der Waals surface area contributed by atoms with Gasteiger partial charge in [-0.05, 0) is 43.9 Å². The van der Waals surface area contributed by atoms with Gasteiger partial charge in [0.2, 0.25) is 5.78 Å². The Hall–Kier alpha value is -4.01. The second-order valence-electron chi connectivity index (χ2n) is 9.52. The Balaban J connectivity index is 1.90. The van der Waals surface area contributed by atoms with Crippen LogP contribution in [0, 0.1) is 5.92 Å². The van der Waals surface area contributed by atoms with Gasteiger partial charge in [0.15, 0.2) is 5.78 Å². The Morgan fingerprint density at radius 2 is 1.72 bits per heavy atom. The van der Waals surface area contributed by atoms with E-state index in [1.807, 2.05) is 19.9 Å². The third-order valence-corrected chi connectivity index (χ3v) is 6.35. The summed E-state index contributed by atoms with van der Waals surface area (Å²) in [6.07, 6.45) is 1.48. The molecule has 0 saturated carbocycles. The van der Waals surface area contributed by atoms with E-state index in [-0.39, 0.29) is 41.1 Å². The van der Waals surface area contributed by atoms with Crippen LogP contribution in [0.25, 0.3) is 16.7 Å². The molecule has 1 atom stereocenters. The highest BCUT2D eigenvalue weighted by molar-refractivity contribution is 5.98. The Morgan fingerprint density at radius 3 is 2.39 bits per heavy atom. The number of aryl methyl sites for hydroxylation is 1. The van der Waals surface area contributed by atoms with E-state index in [1.165, 1.54) is 8.97 Å². The van der Waals surface area contributed by atoms with Gasteiger partial charge in [-0.2, -0.15) is 0 Å². The molecule has 188 valence electrons. The number of hydrogen-bond donors (Lipinski definition) is 1.